The molecule has 0 bridgehead atoms. The lowest BCUT2D eigenvalue weighted by molar-refractivity contribution is -0.141. The zero-order valence-corrected chi connectivity index (χ0v) is 13.2. The number of nitrogens with zero attached hydrogens (tertiary/aromatic N) is 3. The fourth-order valence-corrected chi connectivity index (χ4v) is 2.45. The molecule has 126 valence electrons. The van der Waals surface area contributed by atoms with E-state index in [1.165, 1.54) is 6.92 Å². The van der Waals surface area contributed by atoms with E-state index in [0.29, 0.717) is 6.54 Å². The van der Waals surface area contributed by atoms with Gasteiger partial charge in [0.15, 0.2) is 0 Å². The molecule has 1 atom stereocenters. The van der Waals surface area contributed by atoms with Gasteiger partial charge in [0.05, 0.1) is 12.6 Å². The SMILES string of the molecule is Cc1cc(C(F)(F)F)nc(CNC(=O)N2CC=C[C@@H]2C(C)C)n1. The van der Waals surface area contributed by atoms with Crippen LogP contribution in [0.1, 0.15) is 31.1 Å². The van der Waals surface area contributed by atoms with Gasteiger partial charge in [-0.25, -0.2) is 14.8 Å². The second-order valence-electron chi connectivity index (χ2n) is 5.78. The fraction of sp³-hybridized carbons (Fsp3) is 0.533. The number of aromatic nitrogens is 2. The quantitative estimate of drug-likeness (QED) is 0.868. The Bertz CT molecular complexity index is 613. The highest BCUT2D eigenvalue weighted by atomic mass is 19.4. The summed E-state index contributed by atoms with van der Waals surface area (Å²) >= 11 is 0. The number of aryl methyl sites for hydroxylation is 1. The van der Waals surface area contributed by atoms with Crippen molar-refractivity contribution in [2.24, 2.45) is 5.92 Å². The van der Waals surface area contributed by atoms with Gasteiger partial charge < -0.3 is 10.2 Å². The van der Waals surface area contributed by atoms with Gasteiger partial charge in [-0.15, -0.1) is 0 Å². The lowest BCUT2D eigenvalue weighted by atomic mass is 10.1. The molecule has 2 heterocycles. The Morgan fingerprint density at radius 2 is 2.13 bits per heavy atom. The van der Waals surface area contributed by atoms with Gasteiger partial charge >= 0.3 is 12.2 Å². The molecule has 8 heteroatoms. The van der Waals surface area contributed by atoms with Crippen molar-refractivity contribution in [3.8, 4) is 0 Å². The molecule has 0 aliphatic carbocycles. The van der Waals surface area contributed by atoms with Gasteiger partial charge in [0.25, 0.3) is 0 Å². The Hall–Kier alpha value is -2.12. The van der Waals surface area contributed by atoms with Crippen molar-refractivity contribution >= 4 is 6.03 Å². The maximum Gasteiger partial charge on any atom is 0.433 e. The molecule has 0 spiro atoms. The first-order chi connectivity index (χ1) is 10.7. The summed E-state index contributed by atoms with van der Waals surface area (Å²) in [6, 6.07) is 0.524. The van der Waals surface area contributed by atoms with Crippen molar-refractivity contribution in [1.82, 2.24) is 20.2 Å². The van der Waals surface area contributed by atoms with Gasteiger partial charge in [-0.05, 0) is 18.9 Å². The zero-order chi connectivity index (χ0) is 17.2. The Morgan fingerprint density at radius 1 is 1.43 bits per heavy atom. The molecule has 0 unspecified atom stereocenters. The number of carbonyl (C=O) groups excluding carboxylic acids is 1. The van der Waals surface area contributed by atoms with E-state index in [-0.39, 0.29) is 36.1 Å². The van der Waals surface area contributed by atoms with Gasteiger partial charge in [0.2, 0.25) is 0 Å². The largest absolute Gasteiger partial charge is 0.433 e. The number of alkyl halides is 3. The maximum atomic E-state index is 12.7. The van der Waals surface area contributed by atoms with E-state index in [0.717, 1.165) is 6.07 Å². The highest BCUT2D eigenvalue weighted by Gasteiger charge is 2.33. The van der Waals surface area contributed by atoms with E-state index in [2.05, 4.69) is 15.3 Å². The predicted octanol–water partition coefficient (Wildman–Crippen LogP) is 2.91. The van der Waals surface area contributed by atoms with Gasteiger partial charge in [-0.2, -0.15) is 13.2 Å². The fourth-order valence-electron chi connectivity index (χ4n) is 2.45. The summed E-state index contributed by atoms with van der Waals surface area (Å²) in [7, 11) is 0. The standard InChI is InChI=1S/C15H19F3N4O/c1-9(2)11-5-4-6-22(11)14(23)19-8-13-20-10(3)7-12(21-13)15(16,17)18/h4-5,7,9,11H,6,8H2,1-3H3,(H,19,23)/t11-/m1/s1. The average Bonchev–Trinajstić information content (AvgIpc) is 2.93. The average molecular weight is 328 g/mol. The molecule has 0 radical (unpaired) electrons. The van der Waals surface area contributed by atoms with Crippen LogP contribution in [0, 0.1) is 12.8 Å². The topological polar surface area (TPSA) is 58.1 Å². The van der Waals surface area contributed by atoms with E-state index < -0.39 is 11.9 Å². The van der Waals surface area contributed by atoms with Gasteiger partial charge in [-0.1, -0.05) is 26.0 Å². The molecule has 1 aliphatic rings. The molecule has 0 saturated heterocycles. The molecule has 5 nitrogen and oxygen atoms in total. The minimum atomic E-state index is -4.53. The highest BCUT2D eigenvalue weighted by molar-refractivity contribution is 5.75. The molecule has 23 heavy (non-hydrogen) atoms. The molecule has 0 fully saturated rings. The molecule has 1 aliphatic heterocycles. The van der Waals surface area contributed by atoms with Crippen molar-refractivity contribution in [2.75, 3.05) is 6.54 Å². The molecule has 2 rings (SSSR count). The number of rotatable bonds is 3. The Labute approximate surface area is 132 Å². The molecular weight excluding hydrogens is 309 g/mol. The van der Waals surface area contributed by atoms with Crippen LogP contribution < -0.4 is 5.32 Å². The number of hydrogen-bond donors (Lipinski definition) is 1. The van der Waals surface area contributed by atoms with Gasteiger partial charge in [0.1, 0.15) is 11.5 Å². The summed E-state index contributed by atoms with van der Waals surface area (Å²) in [5.74, 6) is 0.200. The van der Waals surface area contributed by atoms with Gasteiger partial charge in [-0.3, -0.25) is 0 Å². The number of nitrogens with one attached hydrogen (secondary N) is 1. The smallest absolute Gasteiger partial charge is 0.331 e. The monoisotopic (exact) mass is 328 g/mol. The van der Waals surface area contributed by atoms with Crippen LogP contribution in [-0.2, 0) is 12.7 Å². The molecule has 2 amide bonds. The van der Waals surface area contributed by atoms with Crippen LogP contribution in [0.15, 0.2) is 18.2 Å². The Kier molecular flexibility index (Phi) is 4.91. The van der Waals surface area contributed by atoms with Crippen molar-refractivity contribution in [2.45, 2.75) is 39.5 Å². The van der Waals surface area contributed by atoms with Crippen LogP contribution >= 0.6 is 0 Å². The summed E-state index contributed by atoms with van der Waals surface area (Å²) in [4.78, 5) is 21.2. The van der Waals surface area contributed by atoms with E-state index in [9.17, 15) is 18.0 Å². The first kappa shape index (κ1) is 17.2. The molecule has 1 aromatic rings. The van der Waals surface area contributed by atoms with Crippen molar-refractivity contribution < 1.29 is 18.0 Å². The van der Waals surface area contributed by atoms with Crippen LogP contribution in [0.2, 0.25) is 0 Å². The molecule has 1 N–H and O–H groups in total. The lowest BCUT2D eigenvalue weighted by Gasteiger charge is -2.27. The minimum absolute atomic E-state index is 0.0147. The predicted molar refractivity (Wildman–Crippen MR) is 78.5 cm³/mol. The maximum absolute atomic E-state index is 12.7. The van der Waals surface area contributed by atoms with Crippen molar-refractivity contribution in [3.63, 3.8) is 0 Å². The number of urea groups is 1. The summed E-state index contributed by atoms with van der Waals surface area (Å²) in [6.07, 6.45) is -0.682. The van der Waals surface area contributed by atoms with E-state index >= 15 is 0 Å². The third-order valence-corrected chi connectivity index (χ3v) is 3.53. The normalized spacial score (nSPS) is 17.9. The van der Waals surface area contributed by atoms with E-state index in [4.69, 9.17) is 0 Å². The first-order valence-corrected chi connectivity index (χ1v) is 7.31. The third-order valence-electron chi connectivity index (χ3n) is 3.53. The van der Waals surface area contributed by atoms with Crippen LogP contribution in [-0.4, -0.2) is 33.5 Å². The first-order valence-electron chi connectivity index (χ1n) is 7.31. The third kappa shape index (κ3) is 4.20. The van der Waals surface area contributed by atoms with Crippen molar-refractivity contribution in [3.05, 3.63) is 35.4 Å². The van der Waals surface area contributed by atoms with Crippen LogP contribution in [0.5, 0.6) is 0 Å². The van der Waals surface area contributed by atoms with Gasteiger partial charge in [0, 0.05) is 12.2 Å². The summed E-state index contributed by atoms with van der Waals surface area (Å²) in [6.45, 7) is 5.79. The van der Waals surface area contributed by atoms with E-state index in [1.807, 2.05) is 26.0 Å². The van der Waals surface area contributed by atoms with Crippen LogP contribution in [0.3, 0.4) is 0 Å². The molecular formula is C15H19F3N4O. The van der Waals surface area contributed by atoms with Crippen molar-refractivity contribution in [1.29, 1.82) is 0 Å². The zero-order valence-electron chi connectivity index (χ0n) is 13.2. The summed E-state index contributed by atoms with van der Waals surface area (Å²) in [5.41, 5.74) is -0.795. The second-order valence-corrected chi connectivity index (χ2v) is 5.78. The Morgan fingerprint density at radius 3 is 2.74 bits per heavy atom. The lowest BCUT2D eigenvalue weighted by Crippen LogP contribution is -2.45. The van der Waals surface area contributed by atoms with E-state index in [1.54, 1.807) is 4.90 Å². The van der Waals surface area contributed by atoms with Crippen LogP contribution in [0.25, 0.3) is 0 Å². The van der Waals surface area contributed by atoms with Crippen LogP contribution in [0.4, 0.5) is 18.0 Å². The second kappa shape index (κ2) is 6.55. The number of halogens is 3. The number of amides is 2. The molecule has 0 saturated carbocycles. The minimum Gasteiger partial charge on any atom is -0.331 e. The Balaban J connectivity index is 2.04. The highest BCUT2D eigenvalue weighted by Crippen LogP contribution is 2.27. The summed E-state index contributed by atoms with van der Waals surface area (Å²) in [5, 5.41) is 2.59. The number of hydrogen-bond acceptors (Lipinski definition) is 3. The molecule has 0 aromatic carbocycles. The molecule has 1 aromatic heterocycles. The number of carbonyl (C=O) groups is 1. The summed E-state index contributed by atoms with van der Waals surface area (Å²) < 4.78 is 38.2.